The van der Waals surface area contributed by atoms with Gasteiger partial charge in [-0.3, -0.25) is 4.98 Å². The summed E-state index contributed by atoms with van der Waals surface area (Å²) in [6.07, 6.45) is 5.51. The minimum atomic E-state index is 0.774. The molecule has 3 nitrogen and oxygen atoms in total. The van der Waals surface area contributed by atoms with Gasteiger partial charge in [0.15, 0.2) is 0 Å². The van der Waals surface area contributed by atoms with E-state index >= 15 is 0 Å². The van der Waals surface area contributed by atoms with Crippen molar-refractivity contribution >= 4 is 28.1 Å². The summed E-state index contributed by atoms with van der Waals surface area (Å²) >= 11 is 3.06. The number of hydrogen-bond donors (Lipinski definition) is 1. The molecule has 0 spiro atoms. The third-order valence-corrected chi connectivity index (χ3v) is 3.48. The van der Waals surface area contributed by atoms with Gasteiger partial charge in [-0.15, -0.1) is 11.8 Å². The molecule has 14 heavy (non-hydrogen) atoms. The number of nitrogens with zero attached hydrogens (tertiary/aromatic N) is 2. The fourth-order valence-electron chi connectivity index (χ4n) is 1.08. The Balaban J connectivity index is 2.43. The smallest absolute Gasteiger partial charge is 0.131 e. The predicted octanol–water partition coefficient (Wildman–Crippen LogP) is 2.51. The Morgan fingerprint density at radius 2 is 2.36 bits per heavy atom. The molecular formula is C9H9N3S2. The number of nitrogens with two attached hydrogens (primary N) is 1. The highest BCUT2D eigenvalue weighted by Crippen LogP contribution is 2.33. The predicted molar refractivity (Wildman–Crippen MR) is 61.5 cm³/mol. The van der Waals surface area contributed by atoms with E-state index in [4.69, 9.17) is 5.73 Å². The zero-order valence-corrected chi connectivity index (χ0v) is 9.23. The van der Waals surface area contributed by atoms with Crippen LogP contribution in [0, 0.1) is 0 Å². The molecule has 2 aromatic rings. The molecule has 0 aliphatic heterocycles. The maximum Gasteiger partial charge on any atom is 0.131 e. The molecule has 0 saturated heterocycles. The topological polar surface area (TPSA) is 51.8 Å². The van der Waals surface area contributed by atoms with Crippen molar-refractivity contribution in [2.75, 3.05) is 12.0 Å². The normalized spacial score (nSPS) is 10.4. The quantitative estimate of drug-likeness (QED) is 0.795. The first-order valence-electron chi connectivity index (χ1n) is 4.02. The van der Waals surface area contributed by atoms with Crippen LogP contribution < -0.4 is 5.73 Å². The number of hydrogen-bond acceptors (Lipinski definition) is 5. The summed E-state index contributed by atoms with van der Waals surface area (Å²) < 4.78 is 0. The minimum absolute atomic E-state index is 0.774. The Labute approximate surface area is 90.4 Å². The van der Waals surface area contributed by atoms with E-state index in [1.807, 2.05) is 18.4 Å². The highest BCUT2D eigenvalue weighted by Gasteiger charge is 2.08. The van der Waals surface area contributed by atoms with Gasteiger partial charge in [0.25, 0.3) is 0 Å². The van der Waals surface area contributed by atoms with E-state index in [0.29, 0.717) is 0 Å². The van der Waals surface area contributed by atoms with Crippen molar-refractivity contribution in [2.24, 2.45) is 0 Å². The van der Waals surface area contributed by atoms with Crippen LogP contribution in [0.2, 0.25) is 0 Å². The monoisotopic (exact) mass is 223 g/mol. The summed E-state index contributed by atoms with van der Waals surface area (Å²) in [5.74, 6) is 0. The number of anilines is 1. The molecule has 0 radical (unpaired) electrons. The number of rotatable bonds is 2. The average Bonchev–Trinajstić information content (AvgIpc) is 2.61. The van der Waals surface area contributed by atoms with Crippen LogP contribution in [0.15, 0.2) is 29.6 Å². The molecule has 0 atom stereocenters. The molecule has 0 amide bonds. The Morgan fingerprint density at radius 1 is 1.50 bits per heavy atom. The van der Waals surface area contributed by atoms with Crippen molar-refractivity contribution in [3.05, 3.63) is 24.5 Å². The van der Waals surface area contributed by atoms with E-state index in [0.717, 1.165) is 20.6 Å². The van der Waals surface area contributed by atoms with Crippen molar-refractivity contribution in [3.63, 3.8) is 0 Å². The summed E-state index contributed by atoms with van der Waals surface area (Å²) in [7, 11) is 0. The standard InChI is InChI=1S/C9H9N3S2/c1-13-9-7(10)14-8(12-9)6-3-2-4-11-5-6/h2-5H,10H2,1H3. The zero-order chi connectivity index (χ0) is 9.97. The number of pyridine rings is 1. The molecule has 5 heteroatoms. The fourth-order valence-corrected chi connectivity index (χ4v) is 2.61. The molecule has 2 aromatic heterocycles. The zero-order valence-electron chi connectivity index (χ0n) is 7.60. The molecule has 2 heterocycles. The summed E-state index contributed by atoms with van der Waals surface area (Å²) in [5.41, 5.74) is 6.82. The van der Waals surface area contributed by atoms with E-state index in [2.05, 4.69) is 9.97 Å². The number of thiazole rings is 1. The highest BCUT2D eigenvalue weighted by molar-refractivity contribution is 7.98. The van der Waals surface area contributed by atoms with Crippen molar-refractivity contribution < 1.29 is 0 Å². The summed E-state index contributed by atoms with van der Waals surface area (Å²) in [5, 5.41) is 2.60. The van der Waals surface area contributed by atoms with Crippen LogP contribution in [-0.2, 0) is 0 Å². The van der Waals surface area contributed by atoms with E-state index in [1.54, 1.807) is 24.2 Å². The first-order valence-corrected chi connectivity index (χ1v) is 6.06. The first kappa shape index (κ1) is 9.48. The van der Waals surface area contributed by atoms with E-state index in [-0.39, 0.29) is 0 Å². The van der Waals surface area contributed by atoms with Crippen LogP contribution in [0.25, 0.3) is 10.6 Å². The SMILES string of the molecule is CSc1nc(-c2cccnc2)sc1N. The van der Waals surface area contributed by atoms with Crippen LogP contribution in [0.5, 0.6) is 0 Å². The molecule has 0 aromatic carbocycles. The molecule has 0 aliphatic rings. The van der Waals surface area contributed by atoms with Gasteiger partial charge in [0.2, 0.25) is 0 Å². The lowest BCUT2D eigenvalue weighted by molar-refractivity contribution is 1.21. The first-order chi connectivity index (χ1) is 6.81. The van der Waals surface area contributed by atoms with Gasteiger partial charge >= 0.3 is 0 Å². The van der Waals surface area contributed by atoms with E-state index < -0.39 is 0 Å². The highest BCUT2D eigenvalue weighted by atomic mass is 32.2. The van der Waals surface area contributed by atoms with Gasteiger partial charge in [0.1, 0.15) is 15.0 Å². The number of aromatic nitrogens is 2. The molecule has 2 rings (SSSR count). The maximum atomic E-state index is 5.80. The Hall–Kier alpha value is -1.07. The van der Waals surface area contributed by atoms with Crippen LogP contribution >= 0.6 is 23.1 Å². The number of nitrogen functional groups attached to an aromatic ring is 1. The fraction of sp³-hybridized carbons (Fsp3) is 0.111. The van der Waals surface area contributed by atoms with Crippen molar-refractivity contribution in [1.82, 2.24) is 9.97 Å². The lowest BCUT2D eigenvalue weighted by Crippen LogP contribution is -1.81. The van der Waals surface area contributed by atoms with Crippen LogP contribution in [0.4, 0.5) is 5.00 Å². The van der Waals surface area contributed by atoms with Gasteiger partial charge in [-0.1, -0.05) is 11.3 Å². The molecule has 0 saturated carbocycles. The maximum absolute atomic E-state index is 5.80. The third-order valence-electron chi connectivity index (χ3n) is 1.72. The second-order valence-corrected chi connectivity index (χ2v) is 4.46. The lowest BCUT2D eigenvalue weighted by Gasteiger charge is -1.91. The van der Waals surface area contributed by atoms with Crippen LogP contribution in [0.3, 0.4) is 0 Å². The Bertz CT molecular complexity index is 425. The van der Waals surface area contributed by atoms with Crippen molar-refractivity contribution in [3.8, 4) is 10.6 Å². The van der Waals surface area contributed by atoms with E-state index in [9.17, 15) is 0 Å². The second-order valence-electron chi connectivity index (χ2n) is 2.63. The molecule has 0 bridgehead atoms. The average molecular weight is 223 g/mol. The van der Waals surface area contributed by atoms with Gasteiger partial charge < -0.3 is 5.73 Å². The van der Waals surface area contributed by atoms with Gasteiger partial charge in [0.05, 0.1) is 0 Å². The summed E-state index contributed by atoms with van der Waals surface area (Å²) in [6.45, 7) is 0. The van der Waals surface area contributed by atoms with Gasteiger partial charge in [-0.2, -0.15) is 0 Å². The molecule has 72 valence electrons. The largest absolute Gasteiger partial charge is 0.388 e. The Kier molecular flexibility index (Phi) is 2.69. The Morgan fingerprint density at radius 3 is 2.93 bits per heavy atom. The molecule has 2 N–H and O–H groups in total. The number of thioether (sulfide) groups is 1. The molecular weight excluding hydrogens is 214 g/mol. The molecule has 0 fully saturated rings. The van der Waals surface area contributed by atoms with Crippen molar-refractivity contribution in [2.45, 2.75) is 5.03 Å². The molecule has 0 aliphatic carbocycles. The molecule has 0 unspecified atom stereocenters. The van der Waals surface area contributed by atoms with Crippen LogP contribution in [-0.4, -0.2) is 16.2 Å². The van der Waals surface area contributed by atoms with Gasteiger partial charge in [0, 0.05) is 18.0 Å². The summed E-state index contributed by atoms with van der Waals surface area (Å²) in [4.78, 5) is 8.46. The lowest BCUT2D eigenvalue weighted by atomic mass is 10.3. The third kappa shape index (κ3) is 1.73. The summed E-state index contributed by atoms with van der Waals surface area (Å²) in [6, 6.07) is 3.88. The van der Waals surface area contributed by atoms with Gasteiger partial charge in [-0.05, 0) is 18.4 Å². The van der Waals surface area contributed by atoms with Crippen LogP contribution in [0.1, 0.15) is 0 Å². The van der Waals surface area contributed by atoms with Crippen molar-refractivity contribution in [1.29, 1.82) is 0 Å². The second kappa shape index (κ2) is 3.98. The van der Waals surface area contributed by atoms with E-state index in [1.165, 1.54) is 11.3 Å². The van der Waals surface area contributed by atoms with Gasteiger partial charge in [-0.25, -0.2) is 4.98 Å². The minimum Gasteiger partial charge on any atom is -0.388 e.